The van der Waals surface area contributed by atoms with E-state index in [1.165, 1.54) is 11.1 Å². The van der Waals surface area contributed by atoms with E-state index in [9.17, 15) is 0 Å². The van der Waals surface area contributed by atoms with Crippen LogP contribution in [0.1, 0.15) is 29.4 Å². The second kappa shape index (κ2) is 17.1. The first-order valence-corrected chi connectivity index (χ1v) is 12.5. The van der Waals surface area contributed by atoms with Gasteiger partial charge in [0.2, 0.25) is 0 Å². The van der Waals surface area contributed by atoms with Gasteiger partial charge in [0.05, 0.1) is 5.52 Å². The van der Waals surface area contributed by atoms with Crippen molar-refractivity contribution in [1.29, 1.82) is 0 Å². The van der Waals surface area contributed by atoms with E-state index in [4.69, 9.17) is 8.77 Å². The molecule has 0 spiro atoms. The van der Waals surface area contributed by atoms with Crippen LogP contribution in [0.2, 0.25) is 0 Å². The number of aromatic nitrogens is 2. The van der Waals surface area contributed by atoms with Gasteiger partial charge in [-0.25, -0.2) is 4.98 Å². The molecule has 0 aliphatic carbocycles. The number of rotatable bonds is 7. The van der Waals surface area contributed by atoms with Crippen molar-refractivity contribution in [2.45, 2.75) is 20.3 Å². The van der Waals surface area contributed by atoms with Crippen molar-refractivity contribution in [2.24, 2.45) is 0 Å². The van der Waals surface area contributed by atoms with Crippen LogP contribution >= 0.6 is 9.90 Å². The minimum atomic E-state index is 0. The zero-order valence-electron chi connectivity index (χ0n) is 22.7. The van der Waals surface area contributed by atoms with Gasteiger partial charge in [-0.1, -0.05) is 105 Å². The molecule has 2 N–H and O–H groups in total. The minimum Gasteiger partial charge on any atom is -0.652 e. The van der Waals surface area contributed by atoms with Crippen molar-refractivity contribution in [3.63, 3.8) is 0 Å². The molecule has 1 unspecified atom stereocenters. The third-order valence-corrected chi connectivity index (χ3v) is 5.90. The number of pyridine rings is 2. The average Bonchev–Trinajstić information content (AvgIpc) is 2.92. The number of hydrogen-bond donors (Lipinski definition) is 0. The Morgan fingerprint density at radius 3 is 2.33 bits per heavy atom. The maximum absolute atomic E-state index is 5.26. The first-order chi connectivity index (χ1) is 18.0. The van der Waals surface area contributed by atoms with E-state index >= 15 is 0 Å². The molecule has 0 saturated carbocycles. The Morgan fingerprint density at radius 2 is 1.69 bits per heavy atom. The van der Waals surface area contributed by atoms with Gasteiger partial charge in [0.25, 0.3) is 0 Å². The summed E-state index contributed by atoms with van der Waals surface area (Å²) in [4.78, 5) is 9.39. The fourth-order valence-corrected chi connectivity index (χ4v) is 4.08. The van der Waals surface area contributed by atoms with E-state index in [1.807, 2.05) is 68.5 Å². The summed E-state index contributed by atoms with van der Waals surface area (Å²) in [5.74, 6) is 0.596. The third-order valence-electron chi connectivity index (χ3n) is 5.65. The van der Waals surface area contributed by atoms with Gasteiger partial charge >= 0.3 is 16.6 Å². The van der Waals surface area contributed by atoms with Gasteiger partial charge in [-0.15, -0.1) is 0 Å². The molecule has 0 amide bonds. The topological polar surface area (TPSA) is 66.5 Å². The summed E-state index contributed by atoms with van der Waals surface area (Å²) in [6.07, 6.45) is 10.3. The molecule has 0 aliphatic heterocycles. The summed E-state index contributed by atoms with van der Waals surface area (Å²) in [6.45, 7) is 15.5. The minimum absolute atomic E-state index is 0. The zero-order valence-corrected chi connectivity index (χ0v) is 25.3. The number of benzene rings is 2. The largest absolute Gasteiger partial charge is 0.652 e. The summed E-state index contributed by atoms with van der Waals surface area (Å²) < 4.78 is 5.26. The fraction of sp³-hybridized carbons (Fsp3) is 0.0909. The second-order valence-electron chi connectivity index (χ2n) is 8.34. The molecule has 6 heteroatoms. The van der Waals surface area contributed by atoms with E-state index in [0.717, 1.165) is 33.1 Å². The van der Waals surface area contributed by atoms with Gasteiger partial charge in [-0.3, -0.25) is 4.98 Å². The standard InChI is InChI=1S/C20H18N2O.C13H14.Al.H2O.H3P/c1-4-18(23)19-13(2)8-11-17(22-19)12-16-7-5-6-15-10-9-14(3)21-20(15)16;1-3-8-12(9-4-2)13-10-6-5-7-11-13;;;/h4-11,23H,1-2,12H2,3H3;3-11H,1H2,2H3;;1H2;1H3/q;;+1;;/p-1/b19-18-;9-4-,12-8+;;;. The molecule has 4 nitrogen and oxygen atoms in total. The third kappa shape index (κ3) is 9.29. The van der Waals surface area contributed by atoms with Crippen LogP contribution in [0.25, 0.3) is 28.8 Å². The zero-order chi connectivity index (χ0) is 26.6. The Kier molecular flexibility index (Phi) is 14.7. The van der Waals surface area contributed by atoms with Crippen molar-refractivity contribution in [1.82, 2.24) is 9.97 Å². The molecule has 0 saturated heterocycles. The Labute approximate surface area is 243 Å². The van der Waals surface area contributed by atoms with E-state index in [0.29, 0.717) is 17.5 Å². The van der Waals surface area contributed by atoms with Crippen molar-refractivity contribution in [2.75, 3.05) is 0 Å². The number of fused-ring (bicyclic) bond motifs is 1. The van der Waals surface area contributed by atoms with Gasteiger partial charge in [-0.2, -0.15) is 9.90 Å². The molecule has 1 atom stereocenters. The van der Waals surface area contributed by atoms with Crippen LogP contribution in [0, 0.1) is 6.92 Å². The maximum Gasteiger partial charge on any atom is 0.482 e. The number of allylic oxidation sites excluding steroid dienone is 5. The molecule has 39 heavy (non-hydrogen) atoms. The lowest BCUT2D eigenvalue weighted by atomic mass is 10.0. The summed E-state index contributed by atoms with van der Waals surface area (Å²) in [6, 6.07) is 24.6. The lowest BCUT2D eigenvalue weighted by Crippen LogP contribution is -2.30. The molecule has 0 bridgehead atoms. The van der Waals surface area contributed by atoms with Crippen LogP contribution in [0.5, 0.6) is 0 Å². The predicted octanol–water partition coefficient (Wildman–Crippen LogP) is 5.40. The molecular formula is C33H36AlN2O2P. The monoisotopic (exact) mass is 550 g/mol. The van der Waals surface area contributed by atoms with E-state index < -0.39 is 0 Å². The molecule has 2 aromatic heterocycles. The highest BCUT2D eigenvalue weighted by molar-refractivity contribution is 6.92. The Morgan fingerprint density at radius 1 is 0.949 bits per heavy atom. The molecule has 2 aromatic carbocycles. The normalized spacial score (nSPS) is 11.4. The molecule has 4 aromatic rings. The van der Waals surface area contributed by atoms with Crippen LogP contribution in [0.3, 0.4) is 0 Å². The lowest BCUT2D eigenvalue weighted by molar-refractivity contribution is 0.569. The first kappa shape index (κ1) is 33.5. The molecule has 0 fully saturated rings. The predicted molar refractivity (Wildman–Crippen MR) is 173 cm³/mol. The summed E-state index contributed by atoms with van der Waals surface area (Å²) in [7, 11) is 0. The summed E-state index contributed by atoms with van der Waals surface area (Å²) in [5, 5.41) is 2.66. The van der Waals surface area contributed by atoms with Crippen LogP contribution in [-0.2, 0) is 10.2 Å². The molecule has 2 heterocycles. The molecular weight excluding hydrogens is 514 g/mol. The van der Waals surface area contributed by atoms with Crippen molar-refractivity contribution < 1.29 is 9.26 Å². The van der Waals surface area contributed by atoms with Gasteiger partial charge in [0, 0.05) is 23.2 Å². The van der Waals surface area contributed by atoms with E-state index in [1.54, 1.807) is 6.08 Å². The van der Waals surface area contributed by atoms with Crippen LogP contribution in [-0.4, -0.2) is 32.1 Å². The van der Waals surface area contributed by atoms with Crippen LogP contribution in [0.15, 0.2) is 116 Å². The van der Waals surface area contributed by atoms with Gasteiger partial charge in [0.1, 0.15) is 11.1 Å². The summed E-state index contributed by atoms with van der Waals surface area (Å²) >= 11 is 2.23. The van der Waals surface area contributed by atoms with Crippen LogP contribution < -0.4 is 10.6 Å². The number of aryl methyl sites for hydroxylation is 1. The number of hydrogen-bond acceptors (Lipinski definition) is 3. The highest BCUT2D eigenvalue weighted by Crippen LogP contribution is 2.19. The van der Waals surface area contributed by atoms with Gasteiger partial charge in [0.15, 0.2) is 0 Å². The van der Waals surface area contributed by atoms with Crippen LogP contribution in [0.4, 0.5) is 0 Å². The fourth-order valence-electron chi connectivity index (χ4n) is 3.87. The Balaban J connectivity index is 0.000000435. The lowest BCUT2D eigenvalue weighted by Gasteiger charge is -2.08. The highest BCUT2D eigenvalue weighted by atomic mass is 31.0. The first-order valence-electron chi connectivity index (χ1n) is 12.0. The quantitative estimate of drug-likeness (QED) is 0.176. The highest BCUT2D eigenvalue weighted by Gasteiger charge is 2.06. The number of para-hydroxylation sites is 1. The van der Waals surface area contributed by atoms with E-state index in [-0.39, 0.29) is 15.4 Å². The average molecular weight is 551 g/mol. The second-order valence-corrected chi connectivity index (χ2v) is 8.57. The smallest absolute Gasteiger partial charge is 0.482 e. The van der Waals surface area contributed by atoms with Crippen molar-refractivity contribution >= 4 is 55.3 Å². The maximum atomic E-state index is 5.26. The number of nitrogens with zero attached hydrogens (tertiary/aromatic N) is 2. The van der Waals surface area contributed by atoms with E-state index in [2.05, 4.69) is 83.8 Å². The SMILES string of the molecule is C=C/C([O][Al])=c1/nc(Cc2cccc3ccc(C)nc23)ccc1=C.C=C/C=C(\C=C/C)c1ccccc1.O.P. The Bertz CT molecular complexity index is 1560. The van der Waals surface area contributed by atoms with Crippen molar-refractivity contribution in [3.8, 4) is 0 Å². The molecule has 2 radical (unpaired) electrons. The van der Waals surface area contributed by atoms with Gasteiger partial charge < -0.3 is 9.26 Å². The molecule has 0 aliphatic rings. The Hall–Kier alpha value is -3.58. The molecule has 4 rings (SSSR count). The molecule has 198 valence electrons. The summed E-state index contributed by atoms with van der Waals surface area (Å²) in [5.41, 5.74) is 6.54. The van der Waals surface area contributed by atoms with Gasteiger partial charge in [-0.05, 0) is 54.0 Å². The van der Waals surface area contributed by atoms with Crippen molar-refractivity contribution in [3.05, 3.63) is 149 Å².